The number of benzene rings is 2. The van der Waals surface area contributed by atoms with Gasteiger partial charge in [0.2, 0.25) is 11.8 Å². The first-order chi connectivity index (χ1) is 19.2. The number of methoxy groups -OCH3 is 1. The van der Waals surface area contributed by atoms with Gasteiger partial charge in [-0.05, 0) is 43.2 Å². The lowest BCUT2D eigenvalue weighted by molar-refractivity contribution is -0.134. The fourth-order valence-corrected chi connectivity index (χ4v) is 3.98. The van der Waals surface area contributed by atoms with Gasteiger partial charge in [-0.2, -0.15) is 0 Å². The highest BCUT2D eigenvalue weighted by Crippen LogP contribution is 2.24. The van der Waals surface area contributed by atoms with Gasteiger partial charge in [0.25, 0.3) is 11.9 Å². The van der Waals surface area contributed by atoms with Crippen molar-refractivity contribution in [3.8, 4) is 5.75 Å². The van der Waals surface area contributed by atoms with Crippen molar-refractivity contribution in [1.82, 2.24) is 16.0 Å². The summed E-state index contributed by atoms with van der Waals surface area (Å²) in [5.41, 5.74) is 0.986. The fraction of sp³-hybridized carbons (Fsp3) is 0.357. The van der Waals surface area contributed by atoms with Crippen LogP contribution >= 0.6 is 23.2 Å². The zero-order valence-corrected chi connectivity index (χ0v) is 24.8. The molecule has 0 saturated carbocycles. The Morgan fingerprint density at radius 3 is 2.00 bits per heavy atom. The molecule has 41 heavy (non-hydrogen) atoms. The predicted molar refractivity (Wildman–Crippen MR) is 154 cm³/mol. The molecular weight excluding hydrogens is 577 g/mol. The lowest BCUT2D eigenvalue weighted by Gasteiger charge is -2.22. The Balaban J connectivity index is 0.00000196. The van der Waals surface area contributed by atoms with E-state index >= 15 is 0 Å². The number of ketones is 2. The molecule has 0 radical (unpaired) electrons. The van der Waals surface area contributed by atoms with Gasteiger partial charge in [-0.3, -0.25) is 28.8 Å². The highest BCUT2D eigenvalue weighted by molar-refractivity contribution is 6.39. The molecule has 2 aromatic rings. The van der Waals surface area contributed by atoms with Crippen LogP contribution < -0.4 is 20.7 Å². The first-order valence-corrected chi connectivity index (χ1v) is 13.1. The molecule has 0 aliphatic rings. The summed E-state index contributed by atoms with van der Waals surface area (Å²) < 4.78 is 5.27. The van der Waals surface area contributed by atoms with Crippen molar-refractivity contribution in [3.63, 3.8) is 0 Å². The van der Waals surface area contributed by atoms with Crippen molar-refractivity contribution in [2.24, 2.45) is 5.92 Å². The number of carboxylic acids is 1. The highest BCUT2D eigenvalue weighted by atomic mass is 35.5. The van der Waals surface area contributed by atoms with E-state index in [4.69, 9.17) is 37.8 Å². The molecule has 0 fully saturated rings. The number of rotatable bonds is 12. The second-order valence-corrected chi connectivity index (χ2v) is 9.92. The summed E-state index contributed by atoms with van der Waals surface area (Å²) in [6.45, 7) is 5.28. The van der Waals surface area contributed by atoms with Crippen molar-refractivity contribution >= 4 is 58.5 Å². The Morgan fingerprint density at radius 1 is 0.927 bits per heavy atom. The van der Waals surface area contributed by atoms with Crippen molar-refractivity contribution in [2.45, 2.75) is 40.2 Å². The summed E-state index contributed by atoms with van der Waals surface area (Å²) in [4.78, 5) is 70.7. The quantitative estimate of drug-likeness (QED) is 0.266. The summed E-state index contributed by atoms with van der Waals surface area (Å²) in [6.07, 6.45) is -0.115. The highest BCUT2D eigenvalue weighted by Gasteiger charge is 2.25. The molecule has 0 bridgehead atoms. The maximum atomic E-state index is 12.7. The third-order valence-electron chi connectivity index (χ3n) is 5.40. The van der Waals surface area contributed by atoms with Crippen LogP contribution in [0.25, 0.3) is 0 Å². The molecule has 2 aromatic carbocycles. The summed E-state index contributed by atoms with van der Waals surface area (Å²) in [6, 6.07) is 8.46. The fourth-order valence-electron chi connectivity index (χ4n) is 3.41. The molecule has 1 unspecified atom stereocenters. The zero-order valence-electron chi connectivity index (χ0n) is 23.3. The van der Waals surface area contributed by atoms with Crippen molar-refractivity contribution in [2.75, 3.05) is 20.2 Å². The predicted octanol–water partition coefficient (Wildman–Crippen LogP) is 3.09. The lowest BCUT2D eigenvalue weighted by atomic mass is 10.0. The van der Waals surface area contributed by atoms with Crippen molar-refractivity contribution in [1.29, 1.82) is 0 Å². The average Bonchev–Trinajstić information content (AvgIpc) is 2.88. The van der Waals surface area contributed by atoms with Crippen molar-refractivity contribution < 1.29 is 38.6 Å². The number of carbonyl (C=O) groups is 6. The minimum Gasteiger partial charge on any atom is -0.496 e. The SMILES string of the molecule is CC(=O)O.COc1ccc(C(C)=O)cc1CC(=O)NC(C(=O)NCC(=O)CNC(=O)c1c(Cl)cccc1Cl)C(C)C. The molecule has 4 N–H and O–H groups in total. The first kappa shape index (κ1) is 35.1. The lowest BCUT2D eigenvalue weighted by Crippen LogP contribution is -2.51. The summed E-state index contributed by atoms with van der Waals surface area (Å²) in [5, 5.41) is 15.3. The molecule has 1 atom stereocenters. The zero-order chi connectivity index (χ0) is 31.3. The van der Waals surface area contributed by atoms with Gasteiger partial charge in [0, 0.05) is 18.1 Å². The molecule has 13 heteroatoms. The molecule has 3 amide bonds. The van der Waals surface area contributed by atoms with Crippen molar-refractivity contribution in [3.05, 3.63) is 63.1 Å². The Labute approximate surface area is 247 Å². The van der Waals surface area contributed by atoms with Gasteiger partial charge in [0.1, 0.15) is 11.8 Å². The van der Waals surface area contributed by atoms with Crippen LogP contribution in [0.1, 0.15) is 54.0 Å². The van der Waals surface area contributed by atoms with Crippen LogP contribution in [0.5, 0.6) is 5.75 Å². The Kier molecular flexibility index (Phi) is 14.5. The van der Waals surface area contributed by atoms with Gasteiger partial charge in [0.05, 0.1) is 42.2 Å². The van der Waals surface area contributed by atoms with E-state index in [0.717, 1.165) is 6.92 Å². The number of amides is 3. The Hall–Kier alpha value is -3.96. The minimum absolute atomic E-state index is 0.0516. The standard InChI is InChI=1S/C26H29Cl2N3O6.C2H4O2/c1-14(2)24(31-22(34)11-17-10-16(15(3)32)8-9-21(17)37-4)26(36)30-13-18(33)12-29-25(35)23-19(27)6-5-7-20(23)28;1-2(3)4/h5-10,14,24H,11-13H2,1-4H3,(H,29,35)(H,30,36)(H,31,34);1H3,(H,3,4). The van der Waals surface area contributed by atoms with E-state index in [0.29, 0.717) is 16.9 Å². The van der Waals surface area contributed by atoms with Gasteiger partial charge in [-0.15, -0.1) is 0 Å². The molecule has 0 spiro atoms. The molecule has 222 valence electrons. The number of hydrogen-bond acceptors (Lipinski definition) is 7. The van der Waals surface area contributed by atoms with Gasteiger partial charge >= 0.3 is 0 Å². The summed E-state index contributed by atoms with van der Waals surface area (Å²) >= 11 is 12.0. The first-order valence-electron chi connectivity index (χ1n) is 12.4. The number of hydrogen-bond donors (Lipinski definition) is 4. The number of aliphatic carboxylic acids is 1. The van der Waals surface area contributed by atoms with Gasteiger partial charge in [0.15, 0.2) is 11.6 Å². The molecule has 0 aliphatic heterocycles. The van der Waals surface area contributed by atoms with Gasteiger partial charge in [-0.1, -0.05) is 43.1 Å². The molecule has 0 aromatic heterocycles. The van der Waals surface area contributed by atoms with Crippen LogP contribution in [-0.4, -0.2) is 66.6 Å². The molecule has 11 nitrogen and oxygen atoms in total. The Bertz CT molecular complexity index is 1270. The van der Waals surface area contributed by atoms with Crippen LogP contribution in [0.15, 0.2) is 36.4 Å². The van der Waals surface area contributed by atoms with Crippen LogP contribution in [0.3, 0.4) is 0 Å². The number of halogens is 2. The summed E-state index contributed by atoms with van der Waals surface area (Å²) in [5.74, 6) is -2.93. The van der Waals surface area contributed by atoms with E-state index in [9.17, 15) is 24.0 Å². The van der Waals surface area contributed by atoms with E-state index in [1.54, 1.807) is 38.1 Å². The number of carboxylic acid groups (broad SMARTS) is 1. The van der Waals surface area contributed by atoms with Gasteiger partial charge < -0.3 is 25.8 Å². The monoisotopic (exact) mass is 609 g/mol. The Morgan fingerprint density at radius 2 is 1.49 bits per heavy atom. The minimum atomic E-state index is -0.918. The second-order valence-electron chi connectivity index (χ2n) is 9.10. The average molecular weight is 610 g/mol. The maximum Gasteiger partial charge on any atom is 0.300 e. The number of carbonyl (C=O) groups excluding carboxylic acids is 5. The van der Waals surface area contributed by atoms with E-state index in [1.807, 2.05) is 0 Å². The van der Waals surface area contributed by atoms with Crippen LogP contribution in [0.4, 0.5) is 0 Å². The molecule has 2 rings (SSSR count). The normalized spacial score (nSPS) is 10.9. The number of nitrogens with one attached hydrogen (secondary N) is 3. The number of ether oxygens (including phenoxy) is 1. The van der Waals surface area contributed by atoms with E-state index in [2.05, 4.69) is 16.0 Å². The second kappa shape index (κ2) is 17.0. The molecular formula is C28H33Cl2N3O8. The van der Waals surface area contributed by atoms with Crippen LogP contribution in [0.2, 0.25) is 10.0 Å². The van der Waals surface area contributed by atoms with E-state index in [-0.39, 0.29) is 46.8 Å². The molecule has 0 aliphatic carbocycles. The maximum absolute atomic E-state index is 12.7. The van der Waals surface area contributed by atoms with Crippen LogP contribution in [-0.2, 0) is 25.6 Å². The third-order valence-corrected chi connectivity index (χ3v) is 6.03. The summed E-state index contributed by atoms with van der Waals surface area (Å²) in [7, 11) is 1.46. The smallest absolute Gasteiger partial charge is 0.300 e. The van der Waals surface area contributed by atoms with Gasteiger partial charge in [-0.25, -0.2) is 0 Å². The topological polar surface area (TPSA) is 168 Å². The largest absolute Gasteiger partial charge is 0.496 e. The van der Waals surface area contributed by atoms with E-state index < -0.39 is 35.5 Å². The number of Topliss-reactive ketones (excluding diaryl/α,β-unsaturated/α-hetero) is 2. The molecule has 0 saturated heterocycles. The third kappa shape index (κ3) is 12.0. The van der Waals surface area contributed by atoms with Crippen LogP contribution in [0, 0.1) is 5.92 Å². The van der Waals surface area contributed by atoms with E-state index in [1.165, 1.54) is 26.2 Å². The molecule has 0 heterocycles.